The second-order valence-corrected chi connectivity index (χ2v) is 10.3. The maximum absolute atomic E-state index is 13.1. The molecule has 0 radical (unpaired) electrons. The Labute approximate surface area is 227 Å². The second-order valence-electron chi connectivity index (χ2n) is 8.64. The van der Waals surface area contributed by atoms with E-state index in [1.165, 1.54) is 0 Å². The van der Waals surface area contributed by atoms with Crippen LogP contribution in [0.15, 0.2) is 49.8 Å². The minimum atomic E-state index is -0.688. The molecule has 7 nitrogen and oxygen atoms in total. The molecule has 2 heterocycles. The summed E-state index contributed by atoms with van der Waals surface area (Å²) in [4.78, 5) is 28.3. The number of carbonyl (C=O) groups excluding carboxylic acids is 2. The summed E-state index contributed by atoms with van der Waals surface area (Å²) in [6, 6.07) is 11.6. The Morgan fingerprint density at radius 2 is 1.72 bits per heavy atom. The Balaban J connectivity index is 1.66. The molecule has 0 amide bonds. The topological polar surface area (TPSA) is 78.2 Å². The van der Waals surface area contributed by atoms with Gasteiger partial charge in [0.05, 0.1) is 46.6 Å². The standard InChI is InChI=1S/C27H29Br2NO6/c1-4-34-25(31)22-20(36-19-15-18(28)24(33-3)23(29)21(19)22)16-30-13-11-27(12-14-30,26(32)35-5-2)17-9-7-6-8-10-17/h6-10,15H,4-5,11-14,16H2,1-3H3. The van der Waals surface area contributed by atoms with Crippen molar-refractivity contribution < 1.29 is 28.2 Å². The van der Waals surface area contributed by atoms with Crippen LogP contribution in [0.1, 0.15) is 48.4 Å². The molecule has 0 spiro atoms. The maximum Gasteiger partial charge on any atom is 0.342 e. The van der Waals surface area contributed by atoms with Gasteiger partial charge < -0.3 is 18.6 Å². The number of hydrogen-bond acceptors (Lipinski definition) is 7. The van der Waals surface area contributed by atoms with Crippen molar-refractivity contribution in [2.45, 2.75) is 38.6 Å². The lowest BCUT2D eigenvalue weighted by molar-refractivity contribution is -0.152. The van der Waals surface area contributed by atoms with Gasteiger partial charge in [-0.2, -0.15) is 0 Å². The van der Waals surface area contributed by atoms with Crippen molar-refractivity contribution in [2.75, 3.05) is 33.4 Å². The van der Waals surface area contributed by atoms with Gasteiger partial charge >= 0.3 is 11.9 Å². The van der Waals surface area contributed by atoms with Crippen molar-refractivity contribution in [2.24, 2.45) is 0 Å². The van der Waals surface area contributed by atoms with E-state index in [2.05, 4.69) is 36.8 Å². The molecule has 0 bridgehead atoms. The first-order chi connectivity index (χ1) is 17.4. The number of ether oxygens (including phenoxy) is 3. The van der Waals surface area contributed by atoms with E-state index in [1.807, 2.05) is 37.3 Å². The fourth-order valence-electron chi connectivity index (χ4n) is 4.87. The number of benzene rings is 2. The van der Waals surface area contributed by atoms with Gasteiger partial charge in [-0.1, -0.05) is 30.3 Å². The van der Waals surface area contributed by atoms with Crippen LogP contribution in [-0.2, 0) is 26.2 Å². The number of furan rings is 1. The zero-order valence-corrected chi connectivity index (χ0v) is 23.7. The highest BCUT2D eigenvalue weighted by molar-refractivity contribution is 9.11. The molecule has 1 saturated heterocycles. The second kappa shape index (κ2) is 11.4. The molecule has 2 aromatic carbocycles. The maximum atomic E-state index is 13.1. The Bertz CT molecular complexity index is 1250. The fourth-order valence-corrected chi connectivity index (χ4v) is 6.47. The van der Waals surface area contributed by atoms with Crippen LogP contribution < -0.4 is 4.74 Å². The van der Waals surface area contributed by atoms with E-state index in [1.54, 1.807) is 20.1 Å². The minimum Gasteiger partial charge on any atom is -0.494 e. The third-order valence-electron chi connectivity index (χ3n) is 6.66. The Morgan fingerprint density at radius 1 is 1.06 bits per heavy atom. The number of carbonyl (C=O) groups is 2. The molecule has 0 unspecified atom stereocenters. The lowest BCUT2D eigenvalue weighted by atomic mass is 9.72. The molecule has 4 rings (SSSR count). The fraction of sp³-hybridized carbons (Fsp3) is 0.407. The van der Waals surface area contributed by atoms with E-state index in [0.29, 0.717) is 76.1 Å². The molecule has 1 aliphatic rings. The summed E-state index contributed by atoms with van der Waals surface area (Å²) < 4.78 is 23.9. The third kappa shape index (κ3) is 4.93. The number of nitrogens with zero attached hydrogens (tertiary/aromatic N) is 1. The van der Waals surface area contributed by atoms with E-state index in [-0.39, 0.29) is 12.6 Å². The van der Waals surface area contributed by atoms with Gasteiger partial charge in [-0.25, -0.2) is 4.79 Å². The summed E-state index contributed by atoms with van der Waals surface area (Å²) in [5, 5.41) is 0.616. The highest BCUT2D eigenvalue weighted by Crippen LogP contribution is 2.44. The smallest absolute Gasteiger partial charge is 0.342 e. The number of likely N-dealkylation sites (tertiary alicyclic amines) is 1. The number of fused-ring (bicyclic) bond motifs is 1. The van der Waals surface area contributed by atoms with Gasteiger partial charge in [0, 0.05) is 13.1 Å². The van der Waals surface area contributed by atoms with Gasteiger partial charge in [-0.05, 0) is 70.2 Å². The summed E-state index contributed by atoms with van der Waals surface area (Å²) in [5.74, 6) is 0.458. The molecule has 0 saturated carbocycles. The van der Waals surface area contributed by atoms with Gasteiger partial charge in [0.2, 0.25) is 0 Å². The zero-order valence-electron chi connectivity index (χ0n) is 20.6. The molecule has 0 atom stereocenters. The first kappa shape index (κ1) is 26.7. The highest BCUT2D eigenvalue weighted by Gasteiger charge is 2.44. The Kier molecular flexibility index (Phi) is 8.42. The summed E-state index contributed by atoms with van der Waals surface area (Å²) in [7, 11) is 1.57. The van der Waals surface area contributed by atoms with E-state index in [0.717, 1.165) is 5.56 Å². The number of hydrogen-bond donors (Lipinski definition) is 0. The van der Waals surface area contributed by atoms with Crippen LogP contribution in [0.5, 0.6) is 5.75 Å². The molecule has 1 aromatic heterocycles. The van der Waals surface area contributed by atoms with Crippen LogP contribution in [0.4, 0.5) is 0 Å². The van der Waals surface area contributed by atoms with Crippen molar-refractivity contribution in [1.82, 2.24) is 4.90 Å². The molecule has 192 valence electrons. The average Bonchev–Trinajstić information content (AvgIpc) is 3.23. The Hall–Kier alpha value is -2.36. The molecule has 0 aliphatic carbocycles. The lowest BCUT2D eigenvalue weighted by Crippen LogP contribution is -2.47. The van der Waals surface area contributed by atoms with Gasteiger partial charge in [0.15, 0.2) is 0 Å². The van der Waals surface area contributed by atoms with Gasteiger partial charge in [-0.15, -0.1) is 0 Å². The largest absolute Gasteiger partial charge is 0.494 e. The predicted octanol–water partition coefficient (Wildman–Crippen LogP) is 6.24. The summed E-state index contributed by atoms with van der Waals surface area (Å²) >= 11 is 7.09. The van der Waals surface area contributed by atoms with Crippen molar-refractivity contribution in [1.29, 1.82) is 0 Å². The van der Waals surface area contributed by atoms with Crippen LogP contribution in [0.25, 0.3) is 11.0 Å². The van der Waals surface area contributed by atoms with Gasteiger partial charge in [-0.3, -0.25) is 9.69 Å². The molecule has 3 aromatic rings. The molecule has 1 fully saturated rings. The van der Waals surface area contributed by atoms with Crippen LogP contribution in [0.3, 0.4) is 0 Å². The van der Waals surface area contributed by atoms with E-state index >= 15 is 0 Å². The van der Waals surface area contributed by atoms with Crippen LogP contribution in [0, 0.1) is 0 Å². The minimum absolute atomic E-state index is 0.187. The summed E-state index contributed by atoms with van der Waals surface area (Å²) in [6.45, 7) is 5.88. The summed E-state index contributed by atoms with van der Waals surface area (Å²) in [6.07, 6.45) is 1.21. The average molecular weight is 623 g/mol. The first-order valence-corrected chi connectivity index (χ1v) is 13.5. The number of halogens is 2. The van der Waals surface area contributed by atoms with Crippen molar-refractivity contribution in [3.05, 3.63) is 62.2 Å². The normalized spacial score (nSPS) is 15.6. The molecule has 1 aliphatic heterocycles. The van der Waals surface area contributed by atoms with Crippen LogP contribution in [0.2, 0.25) is 0 Å². The molecule has 36 heavy (non-hydrogen) atoms. The third-order valence-corrected chi connectivity index (χ3v) is 8.00. The predicted molar refractivity (Wildman–Crippen MR) is 143 cm³/mol. The van der Waals surface area contributed by atoms with Crippen LogP contribution >= 0.6 is 31.9 Å². The van der Waals surface area contributed by atoms with Crippen LogP contribution in [-0.4, -0.2) is 50.3 Å². The zero-order chi connectivity index (χ0) is 25.9. The number of methoxy groups -OCH3 is 1. The van der Waals surface area contributed by atoms with Crippen molar-refractivity contribution in [3.63, 3.8) is 0 Å². The number of esters is 2. The van der Waals surface area contributed by atoms with E-state index in [9.17, 15) is 9.59 Å². The molecule has 0 N–H and O–H groups in total. The Morgan fingerprint density at radius 3 is 2.33 bits per heavy atom. The first-order valence-electron chi connectivity index (χ1n) is 12.0. The monoisotopic (exact) mass is 621 g/mol. The molecular weight excluding hydrogens is 594 g/mol. The number of piperidine rings is 1. The van der Waals surface area contributed by atoms with Crippen molar-refractivity contribution >= 4 is 54.8 Å². The quantitative estimate of drug-likeness (QED) is 0.275. The van der Waals surface area contributed by atoms with Gasteiger partial charge in [0.1, 0.15) is 22.7 Å². The lowest BCUT2D eigenvalue weighted by Gasteiger charge is -2.40. The van der Waals surface area contributed by atoms with Gasteiger partial charge in [0.25, 0.3) is 0 Å². The van der Waals surface area contributed by atoms with E-state index < -0.39 is 11.4 Å². The summed E-state index contributed by atoms with van der Waals surface area (Å²) in [5.41, 5.74) is 1.22. The van der Waals surface area contributed by atoms with E-state index in [4.69, 9.17) is 18.6 Å². The molecule has 9 heteroatoms. The molecular formula is C27H29Br2NO6. The number of rotatable bonds is 8. The van der Waals surface area contributed by atoms with Crippen molar-refractivity contribution in [3.8, 4) is 5.75 Å². The SMILES string of the molecule is CCOC(=O)c1c(CN2CCC(C(=O)OCC)(c3ccccc3)CC2)oc2cc(Br)c(OC)c(Br)c12. The highest BCUT2D eigenvalue weighted by atomic mass is 79.9.